The molecular weight excluding hydrogens is 308 g/mol. The van der Waals surface area contributed by atoms with Crippen LogP contribution in [0.4, 0.5) is 11.4 Å². The van der Waals surface area contributed by atoms with Crippen molar-refractivity contribution in [3.8, 4) is 5.75 Å². The second kappa shape index (κ2) is 5.16. The number of para-hydroxylation sites is 1. The number of carbonyl (C=O) groups excluding carboxylic acids is 1. The summed E-state index contributed by atoms with van der Waals surface area (Å²) in [5, 5.41) is 23.7. The molecule has 0 saturated carbocycles. The van der Waals surface area contributed by atoms with E-state index in [9.17, 15) is 20.0 Å². The van der Waals surface area contributed by atoms with Gasteiger partial charge in [0.25, 0.3) is 5.91 Å². The van der Waals surface area contributed by atoms with Crippen molar-refractivity contribution in [3.63, 3.8) is 0 Å². The van der Waals surface area contributed by atoms with Crippen LogP contribution in [0.5, 0.6) is 5.75 Å². The van der Waals surface area contributed by atoms with Crippen molar-refractivity contribution in [2.45, 2.75) is 0 Å². The lowest BCUT2D eigenvalue weighted by Gasteiger charge is -2.03. The Bertz CT molecular complexity index is 845. The van der Waals surface area contributed by atoms with E-state index in [1.54, 1.807) is 24.3 Å². The maximum atomic E-state index is 12.0. The summed E-state index contributed by atoms with van der Waals surface area (Å²) in [6.07, 6.45) is 1.38. The van der Waals surface area contributed by atoms with Gasteiger partial charge in [-0.3, -0.25) is 14.9 Å². The molecule has 1 aliphatic heterocycles. The fraction of sp³-hybridized carbons (Fsp3) is 0. The molecule has 1 heterocycles. The number of rotatable bonds is 2. The summed E-state index contributed by atoms with van der Waals surface area (Å²) >= 11 is 5.84. The zero-order chi connectivity index (χ0) is 15.9. The Hall–Kier alpha value is -2.86. The van der Waals surface area contributed by atoms with Crippen molar-refractivity contribution in [1.29, 1.82) is 0 Å². The Labute approximate surface area is 129 Å². The summed E-state index contributed by atoms with van der Waals surface area (Å²) in [5.74, 6) is -0.873. The number of phenolic OH excluding ortho intramolecular Hbond substituents is 1. The number of fused-ring (bicyclic) bond motifs is 1. The molecule has 2 aromatic carbocycles. The zero-order valence-corrected chi connectivity index (χ0v) is 11.8. The third-order valence-electron chi connectivity index (χ3n) is 3.29. The first-order chi connectivity index (χ1) is 10.5. The van der Waals surface area contributed by atoms with E-state index in [0.717, 1.165) is 6.07 Å². The van der Waals surface area contributed by atoms with Crippen molar-refractivity contribution in [3.05, 3.63) is 62.7 Å². The number of carbonyl (C=O) groups is 1. The molecular formula is C15H9ClN2O4. The molecule has 1 amide bonds. The average molecular weight is 317 g/mol. The van der Waals surface area contributed by atoms with E-state index in [0.29, 0.717) is 16.8 Å². The number of anilines is 1. The van der Waals surface area contributed by atoms with E-state index in [1.807, 2.05) is 0 Å². The maximum Gasteiger partial charge on any atom is 0.312 e. The number of aromatic hydroxyl groups is 1. The summed E-state index contributed by atoms with van der Waals surface area (Å²) in [4.78, 5) is 22.2. The van der Waals surface area contributed by atoms with Crippen LogP contribution >= 0.6 is 11.6 Å². The van der Waals surface area contributed by atoms with Crippen molar-refractivity contribution < 1.29 is 14.8 Å². The van der Waals surface area contributed by atoms with Crippen LogP contribution in [0.15, 0.2) is 36.4 Å². The van der Waals surface area contributed by atoms with Gasteiger partial charge in [0, 0.05) is 33.5 Å². The second-order valence-electron chi connectivity index (χ2n) is 4.68. The minimum atomic E-state index is -0.730. The SMILES string of the molecule is O=C1Nc2ccccc2C1=Cc1cc(Cl)cc([N+](=O)[O-])c1O. The molecule has 0 radical (unpaired) electrons. The topological polar surface area (TPSA) is 92.5 Å². The van der Waals surface area contributed by atoms with Crippen LogP contribution in [-0.2, 0) is 4.79 Å². The van der Waals surface area contributed by atoms with Crippen molar-refractivity contribution >= 4 is 40.5 Å². The van der Waals surface area contributed by atoms with Gasteiger partial charge in [-0.2, -0.15) is 0 Å². The van der Waals surface area contributed by atoms with Gasteiger partial charge in [-0.1, -0.05) is 29.8 Å². The van der Waals surface area contributed by atoms with Gasteiger partial charge in [0.2, 0.25) is 5.75 Å². The van der Waals surface area contributed by atoms with Gasteiger partial charge < -0.3 is 10.4 Å². The molecule has 22 heavy (non-hydrogen) atoms. The van der Waals surface area contributed by atoms with E-state index in [1.165, 1.54) is 12.1 Å². The lowest BCUT2D eigenvalue weighted by Crippen LogP contribution is -2.03. The van der Waals surface area contributed by atoms with Crippen molar-refractivity contribution in [2.24, 2.45) is 0 Å². The van der Waals surface area contributed by atoms with E-state index in [-0.39, 0.29) is 16.5 Å². The van der Waals surface area contributed by atoms with Crippen LogP contribution in [0.1, 0.15) is 11.1 Å². The fourth-order valence-corrected chi connectivity index (χ4v) is 2.51. The van der Waals surface area contributed by atoms with Gasteiger partial charge in [-0.25, -0.2) is 0 Å². The molecule has 0 fully saturated rings. The average Bonchev–Trinajstić information content (AvgIpc) is 2.78. The summed E-state index contributed by atoms with van der Waals surface area (Å²) in [6, 6.07) is 9.47. The number of nitro groups is 1. The number of nitrogens with one attached hydrogen (secondary N) is 1. The highest BCUT2D eigenvalue weighted by atomic mass is 35.5. The lowest BCUT2D eigenvalue weighted by atomic mass is 10.0. The Morgan fingerprint density at radius 1 is 1.27 bits per heavy atom. The number of amides is 1. The number of phenols is 1. The summed E-state index contributed by atoms with van der Waals surface area (Å²) in [6.45, 7) is 0. The first-order valence-corrected chi connectivity index (χ1v) is 6.64. The van der Waals surface area contributed by atoms with E-state index < -0.39 is 16.4 Å². The Morgan fingerprint density at radius 2 is 2.00 bits per heavy atom. The number of hydrogen-bond donors (Lipinski definition) is 2. The van der Waals surface area contributed by atoms with Crippen LogP contribution in [0, 0.1) is 10.1 Å². The van der Waals surface area contributed by atoms with E-state index in [2.05, 4.69) is 5.32 Å². The molecule has 2 N–H and O–H groups in total. The normalized spacial score (nSPS) is 14.8. The molecule has 7 heteroatoms. The highest BCUT2D eigenvalue weighted by molar-refractivity contribution is 6.35. The molecule has 0 bridgehead atoms. The standard InChI is InChI=1S/C15H9ClN2O4/c16-9-5-8(14(19)13(7-9)18(21)22)6-11-10-3-1-2-4-12(10)17-15(11)20/h1-7,19H,(H,17,20). The molecule has 0 aliphatic carbocycles. The predicted molar refractivity (Wildman–Crippen MR) is 82.7 cm³/mol. The maximum absolute atomic E-state index is 12.0. The highest BCUT2D eigenvalue weighted by Crippen LogP contribution is 2.38. The molecule has 110 valence electrons. The highest BCUT2D eigenvalue weighted by Gasteiger charge is 2.25. The smallest absolute Gasteiger partial charge is 0.312 e. The number of hydrogen-bond acceptors (Lipinski definition) is 4. The van der Waals surface area contributed by atoms with Crippen LogP contribution < -0.4 is 5.32 Å². The zero-order valence-electron chi connectivity index (χ0n) is 11.0. The van der Waals surface area contributed by atoms with Gasteiger partial charge in [0.15, 0.2) is 0 Å². The lowest BCUT2D eigenvalue weighted by molar-refractivity contribution is -0.385. The largest absolute Gasteiger partial charge is 0.502 e. The third kappa shape index (κ3) is 2.29. The van der Waals surface area contributed by atoms with Crippen LogP contribution in [-0.4, -0.2) is 15.9 Å². The molecule has 0 aromatic heterocycles. The fourth-order valence-electron chi connectivity index (χ4n) is 2.29. The molecule has 2 aromatic rings. The first kappa shape index (κ1) is 14.1. The third-order valence-corrected chi connectivity index (χ3v) is 3.51. The Morgan fingerprint density at radius 3 is 2.73 bits per heavy atom. The molecule has 0 atom stereocenters. The minimum absolute atomic E-state index is 0.100. The van der Waals surface area contributed by atoms with Gasteiger partial charge in [-0.05, 0) is 18.2 Å². The second-order valence-corrected chi connectivity index (χ2v) is 5.11. The number of halogens is 1. The van der Waals surface area contributed by atoms with Crippen LogP contribution in [0.25, 0.3) is 11.6 Å². The molecule has 0 saturated heterocycles. The summed E-state index contributed by atoms with van der Waals surface area (Å²) in [7, 11) is 0. The number of nitro benzene ring substituents is 1. The van der Waals surface area contributed by atoms with Gasteiger partial charge in [0.1, 0.15) is 0 Å². The van der Waals surface area contributed by atoms with Crippen LogP contribution in [0.2, 0.25) is 5.02 Å². The predicted octanol–water partition coefficient (Wildman–Crippen LogP) is 3.45. The molecule has 3 rings (SSSR count). The molecule has 0 unspecified atom stereocenters. The Balaban J connectivity index is 2.18. The molecule has 1 aliphatic rings. The number of nitrogens with zero attached hydrogens (tertiary/aromatic N) is 1. The van der Waals surface area contributed by atoms with E-state index in [4.69, 9.17) is 11.6 Å². The quantitative estimate of drug-likeness (QED) is 0.504. The van der Waals surface area contributed by atoms with Gasteiger partial charge in [0.05, 0.1) is 4.92 Å². The summed E-state index contributed by atoms with van der Waals surface area (Å²) < 4.78 is 0. The van der Waals surface area contributed by atoms with Gasteiger partial charge >= 0.3 is 5.69 Å². The summed E-state index contributed by atoms with van der Waals surface area (Å²) in [5.41, 5.74) is 1.22. The minimum Gasteiger partial charge on any atom is -0.502 e. The molecule has 0 spiro atoms. The Kier molecular flexibility index (Phi) is 3.30. The van der Waals surface area contributed by atoms with Crippen LogP contribution in [0.3, 0.4) is 0 Å². The number of benzene rings is 2. The monoisotopic (exact) mass is 316 g/mol. The van der Waals surface area contributed by atoms with Gasteiger partial charge in [-0.15, -0.1) is 0 Å². The van der Waals surface area contributed by atoms with Crippen molar-refractivity contribution in [2.75, 3.05) is 5.32 Å². The first-order valence-electron chi connectivity index (χ1n) is 6.26. The van der Waals surface area contributed by atoms with E-state index >= 15 is 0 Å². The van der Waals surface area contributed by atoms with Crippen molar-refractivity contribution in [1.82, 2.24) is 0 Å². The molecule has 6 nitrogen and oxygen atoms in total.